The molecule has 1 aromatic heterocycles. The van der Waals surface area contributed by atoms with Gasteiger partial charge in [0.05, 0.1) is 26.4 Å². The number of pyridine rings is 1. The van der Waals surface area contributed by atoms with Gasteiger partial charge in [-0.25, -0.2) is 0 Å². The molecule has 0 spiro atoms. The van der Waals surface area contributed by atoms with Gasteiger partial charge in [-0.15, -0.1) is 0 Å². The van der Waals surface area contributed by atoms with Gasteiger partial charge in [0.1, 0.15) is 0 Å². The van der Waals surface area contributed by atoms with Crippen molar-refractivity contribution in [1.29, 1.82) is 0 Å². The Morgan fingerprint density at radius 1 is 1.44 bits per heavy atom. The Morgan fingerprint density at radius 3 is 3.20 bits per heavy atom. The lowest BCUT2D eigenvalue weighted by Gasteiger charge is -2.27. The summed E-state index contributed by atoms with van der Waals surface area (Å²) in [5.74, 6) is 0.621. The number of allylic oxidation sites excluding steroid dienone is 1. The van der Waals surface area contributed by atoms with Crippen LogP contribution >= 0.6 is 0 Å². The number of hydrogen-bond donors (Lipinski definition) is 0. The van der Waals surface area contributed by atoms with Gasteiger partial charge in [0.2, 0.25) is 5.91 Å². The van der Waals surface area contributed by atoms with E-state index in [0.29, 0.717) is 25.7 Å². The van der Waals surface area contributed by atoms with Crippen molar-refractivity contribution in [3.63, 3.8) is 0 Å². The Balaban J connectivity index is 1.38. The van der Waals surface area contributed by atoms with E-state index in [1.54, 1.807) is 6.20 Å². The summed E-state index contributed by atoms with van der Waals surface area (Å²) in [4.78, 5) is 19.0. The molecule has 4 rings (SSSR count). The van der Waals surface area contributed by atoms with Gasteiger partial charge in [-0.1, -0.05) is 12.1 Å². The van der Waals surface area contributed by atoms with Crippen LogP contribution in [-0.2, 0) is 20.9 Å². The summed E-state index contributed by atoms with van der Waals surface area (Å²) < 4.78 is 11.8. The molecule has 5 nitrogen and oxygen atoms in total. The van der Waals surface area contributed by atoms with Gasteiger partial charge >= 0.3 is 0 Å². The molecule has 0 radical (unpaired) electrons. The summed E-state index contributed by atoms with van der Waals surface area (Å²) in [6.07, 6.45) is 10.1. The summed E-state index contributed by atoms with van der Waals surface area (Å²) in [6.45, 7) is 4.16. The van der Waals surface area contributed by atoms with Crippen LogP contribution in [0.15, 0.2) is 36.2 Å². The lowest BCUT2D eigenvalue weighted by atomic mass is 9.82. The summed E-state index contributed by atoms with van der Waals surface area (Å²) >= 11 is 0. The first-order valence-corrected chi connectivity index (χ1v) is 9.30. The number of aromatic nitrogens is 1. The normalized spacial score (nSPS) is 28.7. The minimum absolute atomic E-state index is 0.0485. The monoisotopic (exact) mass is 342 g/mol. The lowest BCUT2D eigenvalue weighted by molar-refractivity contribution is -0.127. The fourth-order valence-corrected chi connectivity index (χ4v) is 4.28. The molecule has 2 saturated heterocycles. The molecular weight excluding hydrogens is 316 g/mol. The Bertz CT molecular complexity index is 646. The molecule has 134 valence electrons. The number of amides is 1. The average molecular weight is 342 g/mol. The molecule has 0 N–H and O–H groups in total. The third-order valence-electron chi connectivity index (χ3n) is 5.76. The minimum Gasteiger partial charge on any atom is -0.380 e. The number of fused-ring (bicyclic) bond motifs is 1. The van der Waals surface area contributed by atoms with Crippen LogP contribution in [0.1, 0.15) is 31.2 Å². The highest BCUT2D eigenvalue weighted by molar-refractivity contribution is 5.93. The first-order valence-electron chi connectivity index (χ1n) is 9.30. The zero-order valence-electron chi connectivity index (χ0n) is 14.7. The van der Waals surface area contributed by atoms with Crippen LogP contribution in [0.4, 0.5) is 0 Å². The van der Waals surface area contributed by atoms with E-state index in [4.69, 9.17) is 9.47 Å². The molecule has 1 amide bonds. The summed E-state index contributed by atoms with van der Waals surface area (Å²) in [7, 11) is 0. The standard InChI is InChI=1S/C20H26N2O3/c23-19(17-6-2-1-3-7-17)22-10-18-12-25-15-20(18,13-22)14-24-11-16-5-4-8-21-9-16/h4-6,8-9,18H,1-3,7,10-15H2/t18-,20-/m1/s1. The second kappa shape index (κ2) is 7.26. The van der Waals surface area contributed by atoms with Crippen LogP contribution in [0.25, 0.3) is 0 Å². The summed E-state index contributed by atoms with van der Waals surface area (Å²) in [6, 6.07) is 3.94. The fourth-order valence-electron chi connectivity index (χ4n) is 4.28. The second-order valence-corrected chi connectivity index (χ2v) is 7.59. The average Bonchev–Trinajstić information content (AvgIpc) is 3.20. The topological polar surface area (TPSA) is 51.7 Å². The molecule has 0 aromatic carbocycles. The number of nitrogens with zero attached hydrogens (tertiary/aromatic N) is 2. The number of ether oxygens (including phenoxy) is 2. The fraction of sp³-hybridized carbons (Fsp3) is 0.600. The van der Waals surface area contributed by atoms with E-state index < -0.39 is 0 Å². The first kappa shape index (κ1) is 16.7. The molecule has 3 heterocycles. The zero-order chi connectivity index (χ0) is 17.1. The maximum atomic E-state index is 12.8. The third kappa shape index (κ3) is 3.48. The Labute approximate surface area is 149 Å². The molecule has 2 atom stereocenters. The van der Waals surface area contributed by atoms with Gasteiger partial charge in [-0.05, 0) is 37.3 Å². The van der Waals surface area contributed by atoms with E-state index in [9.17, 15) is 4.79 Å². The van der Waals surface area contributed by atoms with Crippen molar-refractivity contribution < 1.29 is 14.3 Å². The van der Waals surface area contributed by atoms with Crippen molar-refractivity contribution >= 4 is 5.91 Å². The maximum absolute atomic E-state index is 12.8. The molecule has 2 fully saturated rings. The summed E-state index contributed by atoms with van der Waals surface area (Å²) in [5, 5.41) is 0. The maximum Gasteiger partial charge on any atom is 0.249 e. The van der Waals surface area contributed by atoms with Crippen LogP contribution in [0.5, 0.6) is 0 Å². The molecule has 0 unspecified atom stereocenters. The Kier molecular flexibility index (Phi) is 4.86. The quantitative estimate of drug-likeness (QED) is 0.825. The highest BCUT2D eigenvalue weighted by Crippen LogP contribution is 2.42. The molecule has 25 heavy (non-hydrogen) atoms. The third-order valence-corrected chi connectivity index (χ3v) is 5.76. The van der Waals surface area contributed by atoms with E-state index >= 15 is 0 Å². The largest absolute Gasteiger partial charge is 0.380 e. The van der Waals surface area contributed by atoms with Crippen molar-refractivity contribution in [2.24, 2.45) is 11.3 Å². The molecule has 2 aliphatic heterocycles. The van der Waals surface area contributed by atoms with Crippen LogP contribution < -0.4 is 0 Å². The van der Waals surface area contributed by atoms with Crippen molar-refractivity contribution in [3.8, 4) is 0 Å². The van der Waals surface area contributed by atoms with Crippen LogP contribution in [0.2, 0.25) is 0 Å². The van der Waals surface area contributed by atoms with E-state index in [1.165, 1.54) is 6.42 Å². The van der Waals surface area contributed by atoms with E-state index in [1.807, 2.05) is 23.2 Å². The molecule has 5 heteroatoms. The minimum atomic E-state index is -0.0485. The van der Waals surface area contributed by atoms with Gasteiger partial charge in [0, 0.05) is 42.4 Å². The van der Waals surface area contributed by atoms with E-state index in [-0.39, 0.29) is 11.3 Å². The second-order valence-electron chi connectivity index (χ2n) is 7.59. The highest BCUT2D eigenvalue weighted by atomic mass is 16.5. The molecule has 3 aliphatic rings. The van der Waals surface area contributed by atoms with Crippen LogP contribution in [0, 0.1) is 11.3 Å². The van der Waals surface area contributed by atoms with Crippen molar-refractivity contribution in [2.45, 2.75) is 32.3 Å². The zero-order valence-corrected chi connectivity index (χ0v) is 14.7. The summed E-state index contributed by atoms with van der Waals surface area (Å²) in [5.41, 5.74) is 2.04. The van der Waals surface area contributed by atoms with E-state index in [0.717, 1.165) is 50.1 Å². The van der Waals surface area contributed by atoms with Crippen molar-refractivity contribution in [3.05, 3.63) is 41.7 Å². The Hall–Kier alpha value is -1.72. The lowest BCUT2D eigenvalue weighted by Crippen LogP contribution is -2.37. The van der Waals surface area contributed by atoms with Gasteiger partial charge in [-0.2, -0.15) is 0 Å². The van der Waals surface area contributed by atoms with Crippen LogP contribution in [0.3, 0.4) is 0 Å². The first-order chi connectivity index (χ1) is 12.3. The van der Waals surface area contributed by atoms with Crippen LogP contribution in [-0.4, -0.2) is 48.7 Å². The predicted molar refractivity (Wildman–Crippen MR) is 93.8 cm³/mol. The van der Waals surface area contributed by atoms with Crippen molar-refractivity contribution in [1.82, 2.24) is 9.88 Å². The number of carbonyl (C=O) groups excluding carboxylic acids is 1. The SMILES string of the molecule is O=C(C1=CCCCC1)N1C[C@@H]2COC[C@]2(COCc2cccnc2)C1. The predicted octanol–water partition coefficient (Wildman–Crippen LogP) is 2.57. The van der Waals surface area contributed by atoms with Crippen molar-refractivity contribution in [2.75, 3.05) is 32.9 Å². The van der Waals surface area contributed by atoms with E-state index in [2.05, 4.69) is 11.1 Å². The number of hydrogen-bond acceptors (Lipinski definition) is 4. The van der Waals surface area contributed by atoms with Gasteiger partial charge in [-0.3, -0.25) is 9.78 Å². The highest BCUT2D eigenvalue weighted by Gasteiger charge is 2.52. The van der Waals surface area contributed by atoms with Gasteiger partial charge < -0.3 is 14.4 Å². The molecule has 1 aromatic rings. The number of rotatable bonds is 5. The number of carbonyl (C=O) groups is 1. The molecular formula is C20H26N2O3. The van der Waals surface area contributed by atoms with Gasteiger partial charge in [0.25, 0.3) is 0 Å². The molecule has 0 saturated carbocycles. The Morgan fingerprint density at radius 2 is 2.40 bits per heavy atom. The number of likely N-dealkylation sites (tertiary alicyclic amines) is 1. The molecule has 0 bridgehead atoms. The molecule has 1 aliphatic carbocycles. The smallest absolute Gasteiger partial charge is 0.249 e. The van der Waals surface area contributed by atoms with Gasteiger partial charge in [0.15, 0.2) is 0 Å².